The van der Waals surface area contributed by atoms with E-state index in [2.05, 4.69) is 0 Å². The van der Waals surface area contributed by atoms with Crippen LogP contribution in [0.4, 0.5) is 0 Å². The van der Waals surface area contributed by atoms with Crippen LogP contribution in [0.2, 0.25) is 0 Å². The van der Waals surface area contributed by atoms with Gasteiger partial charge < -0.3 is 13.9 Å². The number of ether oxygens (including phenoxy) is 2. The molecule has 1 radical (unpaired) electrons. The van der Waals surface area contributed by atoms with Gasteiger partial charge in [0.25, 0.3) is 0 Å². The molecule has 0 saturated carbocycles. The second kappa shape index (κ2) is 7.21. The third-order valence-electron chi connectivity index (χ3n) is 1.21. The Morgan fingerprint density at radius 1 is 1.40 bits per heavy atom. The summed E-state index contributed by atoms with van der Waals surface area (Å²) < 4.78 is 14.8. The van der Waals surface area contributed by atoms with Crippen molar-refractivity contribution >= 4 is 10.5 Å². The van der Waals surface area contributed by atoms with Gasteiger partial charge in [-0.3, -0.25) is 0 Å². The van der Waals surface area contributed by atoms with Crippen molar-refractivity contribution in [1.82, 2.24) is 0 Å². The van der Waals surface area contributed by atoms with Crippen molar-refractivity contribution in [2.45, 2.75) is 19.1 Å². The Morgan fingerprint density at radius 2 is 2.00 bits per heavy atom. The molecule has 3 nitrogen and oxygen atoms in total. The lowest BCUT2D eigenvalue weighted by atomic mass is 10.3. The molecular weight excluding hydrogens is 148 g/mol. The van der Waals surface area contributed by atoms with E-state index in [9.17, 15) is 0 Å². The summed E-state index contributed by atoms with van der Waals surface area (Å²) in [6.45, 7) is 1.79. The van der Waals surface area contributed by atoms with Gasteiger partial charge in [0.2, 0.25) is 0 Å². The van der Waals surface area contributed by atoms with Crippen LogP contribution in [0.3, 0.4) is 0 Å². The van der Waals surface area contributed by atoms with E-state index < -0.39 is 0 Å². The average Bonchev–Trinajstić information content (AvgIpc) is 1.99. The largest absolute Gasteiger partial charge is 0.422 e. The predicted molar refractivity (Wildman–Crippen MR) is 42.4 cm³/mol. The molecule has 0 aliphatic rings. The second-order valence-corrected chi connectivity index (χ2v) is 2.35. The minimum absolute atomic E-state index is 0.0898. The Hall–Kier alpha value is 0.0969. The highest BCUT2D eigenvalue weighted by Gasteiger charge is 2.02. The molecule has 0 atom stereocenters. The lowest BCUT2D eigenvalue weighted by Gasteiger charge is -2.11. The molecule has 0 bridgehead atoms. The van der Waals surface area contributed by atoms with Crippen molar-refractivity contribution in [3.63, 3.8) is 0 Å². The number of hydrogen-bond donors (Lipinski definition) is 0. The van der Waals surface area contributed by atoms with E-state index in [0.717, 1.165) is 23.3 Å². The van der Waals surface area contributed by atoms with E-state index in [1.54, 1.807) is 20.8 Å². The fourth-order valence-corrected chi connectivity index (χ4v) is 0.890. The lowest BCUT2D eigenvalue weighted by Crippen LogP contribution is -2.12. The first-order chi connectivity index (χ1) is 4.85. The van der Waals surface area contributed by atoms with Crippen LogP contribution in [0.15, 0.2) is 0 Å². The first-order valence-corrected chi connectivity index (χ1v) is 4.06. The summed E-state index contributed by atoms with van der Waals surface area (Å²) >= 11 is 0. The molecule has 10 heavy (non-hydrogen) atoms. The predicted octanol–water partition coefficient (Wildman–Crippen LogP) is -0.156. The summed E-state index contributed by atoms with van der Waals surface area (Å²) in [5.41, 5.74) is 0. The van der Waals surface area contributed by atoms with E-state index >= 15 is 0 Å². The normalized spacial score (nSPS) is 11.1. The van der Waals surface area contributed by atoms with Crippen molar-refractivity contribution in [1.29, 1.82) is 0 Å². The van der Waals surface area contributed by atoms with Gasteiger partial charge >= 0.3 is 0 Å². The summed E-state index contributed by atoms with van der Waals surface area (Å²) in [5.74, 6) is 0. The smallest absolute Gasteiger partial charge is 0.156 e. The number of methoxy groups -OCH3 is 2. The van der Waals surface area contributed by atoms with Gasteiger partial charge in [-0.05, 0) is 6.42 Å². The zero-order valence-electron chi connectivity index (χ0n) is 6.79. The number of rotatable bonds is 6. The molecule has 0 aliphatic heterocycles. The van der Waals surface area contributed by atoms with Gasteiger partial charge in [0.05, 0.1) is 6.61 Å². The molecule has 0 amide bonds. The monoisotopic (exact) mass is 163 g/mol. The number of hydrogen-bond acceptors (Lipinski definition) is 3. The Bertz CT molecular complexity index is 66.0. The van der Waals surface area contributed by atoms with Gasteiger partial charge in [-0.2, -0.15) is 0 Å². The molecule has 0 spiro atoms. The molecule has 61 valence electrons. The van der Waals surface area contributed by atoms with Gasteiger partial charge in [0, 0.05) is 20.6 Å². The molecule has 0 heterocycles. The highest BCUT2D eigenvalue weighted by atomic mass is 28.2. The van der Waals surface area contributed by atoms with Gasteiger partial charge in [-0.25, -0.2) is 0 Å². The average molecular weight is 163 g/mol. The van der Waals surface area contributed by atoms with Crippen LogP contribution in [0.1, 0.15) is 12.8 Å². The molecule has 0 aromatic rings. The summed E-state index contributed by atoms with van der Waals surface area (Å²) in [6, 6.07) is 0. The molecule has 0 aliphatic carbocycles. The first-order valence-electron chi connectivity index (χ1n) is 3.25. The van der Waals surface area contributed by atoms with Crippen LogP contribution in [-0.2, 0) is 13.9 Å². The fraction of sp³-hybridized carbons (Fsp3) is 0.833. The van der Waals surface area contributed by atoms with Crippen molar-refractivity contribution < 1.29 is 13.9 Å². The van der Waals surface area contributed by atoms with E-state index in [0.29, 0.717) is 0 Å². The van der Waals surface area contributed by atoms with Crippen LogP contribution in [0.25, 0.3) is 0 Å². The quantitative estimate of drug-likeness (QED) is 0.309. The maximum atomic E-state index is 4.96. The molecule has 0 N–H and O–H groups in total. The molecule has 0 unspecified atom stereocenters. The summed E-state index contributed by atoms with van der Waals surface area (Å²) in [5, 5.41) is 0. The zero-order valence-corrected chi connectivity index (χ0v) is 8.79. The maximum Gasteiger partial charge on any atom is 0.156 e. The second-order valence-electron chi connectivity index (χ2n) is 1.88. The Morgan fingerprint density at radius 3 is 2.40 bits per heavy atom. The van der Waals surface area contributed by atoms with Crippen molar-refractivity contribution in [2.75, 3.05) is 14.2 Å². The van der Waals surface area contributed by atoms with Crippen LogP contribution in [0.5, 0.6) is 0 Å². The highest BCUT2D eigenvalue weighted by molar-refractivity contribution is 5.98. The van der Waals surface area contributed by atoms with Gasteiger partial charge in [0.1, 0.15) is 10.5 Å². The van der Waals surface area contributed by atoms with Crippen LogP contribution in [0, 0.1) is 6.61 Å². The van der Waals surface area contributed by atoms with Crippen LogP contribution < -0.4 is 0 Å². The molecular formula is C6H15O3Si. The van der Waals surface area contributed by atoms with Crippen molar-refractivity contribution in [3.05, 3.63) is 6.61 Å². The van der Waals surface area contributed by atoms with Crippen molar-refractivity contribution in [3.8, 4) is 0 Å². The Balaban J connectivity index is 3.09. The molecule has 0 aromatic carbocycles. The minimum Gasteiger partial charge on any atom is -0.422 e. The standard InChI is InChI=1S/C6H15O3Si/c1-7-6(8-2)4-3-5-9-10/h5-6H,3-4H2,1-2,10H3. The van der Waals surface area contributed by atoms with E-state index in [1.807, 2.05) is 0 Å². The molecule has 0 fully saturated rings. The summed E-state index contributed by atoms with van der Waals surface area (Å²) in [6.07, 6.45) is 1.65. The van der Waals surface area contributed by atoms with Crippen LogP contribution >= 0.6 is 0 Å². The third-order valence-corrected chi connectivity index (χ3v) is 1.55. The third kappa shape index (κ3) is 4.93. The van der Waals surface area contributed by atoms with Crippen LogP contribution in [-0.4, -0.2) is 31.0 Å². The molecule has 0 rings (SSSR count). The fourth-order valence-electron chi connectivity index (χ4n) is 0.654. The minimum atomic E-state index is -0.0898. The van der Waals surface area contributed by atoms with Gasteiger partial charge in [0.15, 0.2) is 6.29 Å². The Kier molecular flexibility index (Phi) is 7.28. The summed E-state index contributed by atoms with van der Waals surface area (Å²) in [7, 11) is 4.03. The first kappa shape index (κ1) is 10.1. The molecule has 0 aromatic heterocycles. The molecule has 0 saturated heterocycles. The van der Waals surface area contributed by atoms with Gasteiger partial charge in [-0.15, -0.1) is 0 Å². The maximum absolute atomic E-state index is 4.96. The SMILES string of the molecule is COC(CC[CH]O[SiH3])OC. The highest BCUT2D eigenvalue weighted by Crippen LogP contribution is 2.03. The van der Waals surface area contributed by atoms with E-state index in [4.69, 9.17) is 13.9 Å². The molecule has 4 heteroatoms. The van der Waals surface area contributed by atoms with Crippen molar-refractivity contribution in [2.24, 2.45) is 0 Å². The lowest BCUT2D eigenvalue weighted by molar-refractivity contribution is -0.106. The topological polar surface area (TPSA) is 27.7 Å². The Labute approximate surface area is 65.2 Å². The zero-order chi connectivity index (χ0) is 7.82. The van der Waals surface area contributed by atoms with E-state index in [1.165, 1.54) is 0 Å². The van der Waals surface area contributed by atoms with Gasteiger partial charge in [-0.1, -0.05) is 0 Å². The van der Waals surface area contributed by atoms with E-state index in [-0.39, 0.29) is 6.29 Å². The summed E-state index contributed by atoms with van der Waals surface area (Å²) in [4.78, 5) is 0.